The summed E-state index contributed by atoms with van der Waals surface area (Å²) in [5, 5.41) is 6.84. The van der Waals surface area contributed by atoms with Gasteiger partial charge < -0.3 is 24.8 Å². The summed E-state index contributed by atoms with van der Waals surface area (Å²) in [7, 11) is 3.22. The molecule has 134 valence electrons. The van der Waals surface area contributed by atoms with Crippen molar-refractivity contribution in [3.8, 4) is 17.2 Å². The van der Waals surface area contributed by atoms with E-state index < -0.39 is 0 Å². The quantitative estimate of drug-likeness (QED) is 0.729. The molecule has 0 bridgehead atoms. The molecule has 0 unspecified atom stereocenters. The van der Waals surface area contributed by atoms with Gasteiger partial charge in [-0.2, -0.15) is 0 Å². The predicted octanol–water partition coefficient (Wildman–Crippen LogP) is 3.98. The van der Waals surface area contributed by atoms with Gasteiger partial charge in [0.1, 0.15) is 17.2 Å². The summed E-state index contributed by atoms with van der Waals surface area (Å²) in [5.74, 6) is 2.26. The Balaban J connectivity index is 1.90. The lowest BCUT2D eigenvalue weighted by molar-refractivity contribution is 0.242. The monoisotopic (exact) mass is 360 g/mol. The SMILES string of the molecule is COc1ccc(NC(=S)NCc2ccc(OC(C)C)cc2)c(OC)c1. The van der Waals surface area contributed by atoms with Crippen LogP contribution in [0.2, 0.25) is 0 Å². The number of methoxy groups -OCH3 is 2. The zero-order chi connectivity index (χ0) is 18.2. The molecular weight excluding hydrogens is 336 g/mol. The van der Waals surface area contributed by atoms with Crippen LogP contribution in [0.25, 0.3) is 0 Å². The van der Waals surface area contributed by atoms with E-state index in [1.54, 1.807) is 20.3 Å². The van der Waals surface area contributed by atoms with Crippen LogP contribution in [0, 0.1) is 0 Å². The van der Waals surface area contributed by atoms with Crippen LogP contribution in [0.5, 0.6) is 17.2 Å². The number of ether oxygens (including phenoxy) is 3. The molecule has 2 rings (SSSR count). The average Bonchev–Trinajstić information content (AvgIpc) is 2.61. The van der Waals surface area contributed by atoms with E-state index in [2.05, 4.69) is 10.6 Å². The largest absolute Gasteiger partial charge is 0.497 e. The van der Waals surface area contributed by atoms with Gasteiger partial charge in [-0.3, -0.25) is 0 Å². The number of thiocarbonyl (C=S) groups is 1. The summed E-state index contributed by atoms with van der Waals surface area (Å²) < 4.78 is 16.2. The summed E-state index contributed by atoms with van der Waals surface area (Å²) in [6, 6.07) is 13.5. The van der Waals surface area contributed by atoms with Crippen molar-refractivity contribution in [3.05, 3.63) is 48.0 Å². The first-order valence-corrected chi connectivity index (χ1v) is 8.45. The number of nitrogens with one attached hydrogen (secondary N) is 2. The molecule has 0 spiro atoms. The third-order valence-corrected chi connectivity index (χ3v) is 3.65. The fourth-order valence-corrected chi connectivity index (χ4v) is 2.39. The molecule has 2 N–H and O–H groups in total. The lowest BCUT2D eigenvalue weighted by Crippen LogP contribution is -2.28. The lowest BCUT2D eigenvalue weighted by Gasteiger charge is -2.14. The van der Waals surface area contributed by atoms with Crippen LogP contribution in [-0.2, 0) is 6.54 Å². The Hall–Kier alpha value is -2.47. The Kier molecular flexibility index (Phi) is 6.89. The highest BCUT2D eigenvalue weighted by atomic mass is 32.1. The molecule has 0 aromatic heterocycles. The summed E-state index contributed by atoms with van der Waals surface area (Å²) in [5.41, 5.74) is 1.89. The second-order valence-corrected chi connectivity index (χ2v) is 6.09. The molecule has 2 aromatic rings. The van der Waals surface area contributed by atoms with E-state index in [0.29, 0.717) is 17.4 Å². The van der Waals surface area contributed by atoms with Crippen molar-refractivity contribution in [1.29, 1.82) is 0 Å². The van der Waals surface area contributed by atoms with Crippen LogP contribution in [0.15, 0.2) is 42.5 Å². The molecule has 25 heavy (non-hydrogen) atoms. The molecule has 0 saturated heterocycles. The fraction of sp³-hybridized carbons (Fsp3) is 0.316. The van der Waals surface area contributed by atoms with Crippen molar-refractivity contribution < 1.29 is 14.2 Å². The maximum absolute atomic E-state index is 5.64. The van der Waals surface area contributed by atoms with Crippen LogP contribution in [0.4, 0.5) is 5.69 Å². The molecule has 0 fully saturated rings. The summed E-state index contributed by atoms with van der Waals surface area (Å²) in [6.45, 7) is 4.63. The van der Waals surface area contributed by atoms with Crippen molar-refractivity contribution in [1.82, 2.24) is 5.32 Å². The van der Waals surface area contributed by atoms with E-state index in [1.807, 2.05) is 50.2 Å². The Labute approximate surface area is 154 Å². The van der Waals surface area contributed by atoms with Gasteiger partial charge in [0, 0.05) is 12.6 Å². The molecule has 0 heterocycles. The zero-order valence-corrected chi connectivity index (χ0v) is 15.8. The van der Waals surface area contributed by atoms with Gasteiger partial charge in [0.05, 0.1) is 26.0 Å². The lowest BCUT2D eigenvalue weighted by atomic mass is 10.2. The normalized spacial score (nSPS) is 10.3. The van der Waals surface area contributed by atoms with Gasteiger partial charge in [0.2, 0.25) is 0 Å². The Bertz CT molecular complexity index is 702. The highest BCUT2D eigenvalue weighted by molar-refractivity contribution is 7.80. The summed E-state index contributed by atoms with van der Waals surface area (Å²) in [4.78, 5) is 0. The minimum atomic E-state index is 0.167. The predicted molar refractivity (Wildman–Crippen MR) is 105 cm³/mol. The molecule has 0 radical (unpaired) electrons. The van der Waals surface area contributed by atoms with Crippen LogP contribution in [-0.4, -0.2) is 25.4 Å². The Morgan fingerprint density at radius 2 is 1.68 bits per heavy atom. The summed E-state index contributed by atoms with van der Waals surface area (Å²) >= 11 is 5.35. The zero-order valence-electron chi connectivity index (χ0n) is 15.0. The average molecular weight is 360 g/mol. The van der Waals surface area contributed by atoms with Gasteiger partial charge in [-0.1, -0.05) is 12.1 Å². The second kappa shape index (κ2) is 9.13. The van der Waals surface area contributed by atoms with E-state index in [9.17, 15) is 0 Å². The standard InChI is InChI=1S/C19H24N2O3S/c1-13(2)24-15-7-5-14(6-8-15)12-20-19(25)21-17-10-9-16(22-3)11-18(17)23-4/h5-11,13H,12H2,1-4H3,(H2,20,21,25). The van der Waals surface area contributed by atoms with E-state index in [1.165, 1.54) is 0 Å². The maximum atomic E-state index is 5.64. The molecule has 0 aliphatic heterocycles. The highest BCUT2D eigenvalue weighted by Gasteiger charge is 2.07. The second-order valence-electron chi connectivity index (χ2n) is 5.68. The molecule has 0 atom stereocenters. The molecule has 2 aromatic carbocycles. The molecule has 0 aliphatic carbocycles. The fourth-order valence-electron chi connectivity index (χ4n) is 2.21. The van der Waals surface area contributed by atoms with Crippen molar-refractivity contribution in [2.45, 2.75) is 26.5 Å². The first kappa shape index (κ1) is 18.9. The Morgan fingerprint density at radius 3 is 2.28 bits per heavy atom. The highest BCUT2D eigenvalue weighted by Crippen LogP contribution is 2.28. The minimum Gasteiger partial charge on any atom is -0.497 e. The Morgan fingerprint density at radius 1 is 1.00 bits per heavy atom. The molecule has 0 amide bonds. The van der Waals surface area contributed by atoms with Crippen LogP contribution in [0.1, 0.15) is 19.4 Å². The number of hydrogen-bond acceptors (Lipinski definition) is 4. The van der Waals surface area contributed by atoms with E-state index in [4.69, 9.17) is 26.4 Å². The van der Waals surface area contributed by atoms with E-state index in [-0.39, 0.29) is 6.10 Å². The minimum absolute atomic E-state index is 0.167. The van der Waals surface area contributed by atoms with Crippen molar-refractivity contribution >= 4 is 23.0 Å². The third-order valence-electron chi connectivity index (χ3n) is 3.41. The number of benzene rings is 2. The molecule has 6 heteroatoms. The van der Waals surface area contributed by atoms with Gasteiger partial charge in [-0.15, -0.1) is 0 Å². The molecular formula is C19H24N2O3S. The van der Waals surface area contributed by atoms with E-state index in [0.717, 1.165) is 22.7 Å². The molecule has 0 saturated carbocycles. The van der Waals surface area contributed by atoms with Gasteiger partial charge in [0.25, 0.3) is 0 Å². The van der Waals surface area contributed by atoms with Crippen LogP contribution < -0.4 is 24.8 Å². The smallest absolute Gasteiger partial charge is 0.171 e. The van der Waals surface area contributed by atoms with Gasteiger partial charge in [-0.25, -0.2) is 0 Å². The van der Waals surface area contributed by atoms with Crippen LogP contribution >= 0.6 is 12.2 Å². The van der Waals surface area contributed by atoms with Crippen molar-refractivity contribution in [2.75, 3.05) is 19.5 Å². The van der Waals surface area contributed by atoms with Gasteiger partial charge >= 0.3 is 0 Å². The number of anilines is 1. The van der Waals surface area contributed by atoms with Gasteiger partial charge in [0.15, 0.2) is 5.11 Å². The maximum Gasteiger partial charge on any atom is 0.171 e. The molecule has 0 aliphatic rings. The first-order valence-electron chi connectivity index (χ1n) is 8.04. The van der Waals surface area contributed by atoms with Crippen LogP contribution in [0.3, 0.4) is 0 Å². The van der Waals surface area contributed by atoms with Crippen molar-refractivity contribution in [2.24, 2.45) is 0 Å². The first-order chi connectivity index (χ1) is 12.0. The molecule has 5 nitrogen and oxygen atoms in total. The summed E-state index contributed by atoms with van der Waals surface area (Å²) in [6.07, 6.45) is 0.167. The van der Waals surface area contributed by atoms with Crippen molar-refractivity contribution in [3.63, 3.8) is 0 Å². The third kappa shape index (κ3) is 5.83. The van der Waals surface area contributed by atoms with Gasteiger partial charge in [-0.05, 0) is 55.9 Å². The number of hydrogen-bond donors (Lipinski definition) is 2. The van der Waals surface area contributed by atoms with E-state index >= 15 is 0 Å². The number of rotatable bonds is 7. The topological polar surface area (TPSA) is 51.8 Å².